The predicted molar refractivity (Wildman–Crippen MR) is 49.3 cm³/mol. The molecule has 0 radical (unpaired) electrons. The Bertz CT molecular complexity index is 286. The van der Waals surface area contributed by atoms with Crippen molar-refractivity contribution in [3.63, 3.8) is 0 Å². The quantitative estimate of drug-likeness (QED) is 0.607. The average Bonchev–Trinajstić information content (AvgIpc) is 2.02. The highest BCUT2D eigenvalue weighted by Gasteiger charge is 2.25. The zero-order valence-corrected chi connectivity index (χ0v) is 8.36. The zero-order valence-electron chi connectivity index (χ0n) is 7.54. The minimum Gasteiger partial charge on any atom is -0.341 e. The average molecular weight is 206 g/mol. The normalized spacial score (nSPS) is 26.4. The summed E-state index contributed by atoms with van der Waals surface area (Å²) in [4.78, 5) is 10.9. The van der Waals surface area contributed by atoms with Gasteiger partial charge in [0.25, 0.3) is 0 Å². The van der Waals surface area contributed by atoms with Crippen molar-refractivity contribution in [3.05, 3.63) is 0 Å². The lowest BCUT2D eigenvalue weighted by Crippen LogP contribution is -2.46. The summed E-state index contributed by atoms with van der Waals surface area (Å²) in [6.07, 6.45) is 1.38. The fraction of sp³-hybridized carbons (Fsp3) is 0.857. The number of nitrogens with one attached hydrogen (secondary N) is 2. The maximum absolute atomic E-state index is 11.2. The molecule has 0 aliphatic carbocycles. The van der Waals surface area contributed by atoms with Crippen LogP contribution < -0.4 is 10.6 Å². The molecule has 6 heteroatoms. The van der Waals surface area contributed by atoms with Crippen LogP contribution in [0.5, 0.6) is 0 Å². The van der Waals surface area contributed by atoms with Gasteiger partial charge in [-0.25, -0.2) is 13.2 Å². The van der Waals surface area contributed by atoms with Crippen molar-refractivity contribution >= 4 is 15.9 Å². The third kappa shape index (κ3) is 3.22. The molecule has 2 amide bonds. The van der Waals surface area contributed by atoms with E-state index in [1.807, 2.05) is 0 Å². The second-order valence-electron chi connectivity index (χ2n) is 3.18. The fourth-order valence-electron chi connectivity index (χ4n) is 1.39. The van der Waals surface area contributed by atoms with E-state index < -0.39 is 9.84 Å². The Labute approximate surface area is 77.8 Å². The van der Waals surface area contributed by atoms with Crippen LogP contribution in [0.25, 0.3) is 0 Å². The third-order valence-electron chi connectivity index (χ3n) is 2.03. The summed E-state index contributed by atoms with van der Waals surface area (Å²) < 4.78 is 22.3. The molecule has 1 saturated heterocycles. The predicted octanol–water partition coefficient (Wildman–Crippen LogP) is -0.507. The minimum absolute atomic E-state index is 0.0699. The van der Waals surface area contributed by atoms with Crippen molar-refractivity contribution in [1.82, 2.24) is 10.6 Å². The van der Waals surface area contributed by atoms with Crippen molar-refractivity contribution in [3.8, 4) is 0 Å². The molecule has 2 N–H and O–H groups in total. The van der Waals surface area contributed by atoms with Crippen LogP contribution in [0.4, 0.5) is 4.79 Å². The van der Waals surface area contributed by atoms with Crippen LogP contribution >= 0.6 is 0 Å². The van der Waals surface area contributed by atoms with Crippen LogP contribution in [0.3, 0.4) is 0 Å². The standard InChI is InChI=1S/C7H14N2O3S/c1-8-7(10)9-6-3-2-4-13(11,12)5-6/h6H,2-5H2,1H3,(H2,8,9,10). The van der Waals surface area contributed by atoms with Crippen LogP contribution in [0.15, 0.2) is 0 Å². The summed E-state index contributed by atoms with van der Waals surface area (Å²) in [6, 6.07) is -0.541. The van der Waals surface area contributed by atoms with Gasteiger partial charge in [0.05, 0.1) is 11.5 Å². The van der Waals surface area contributed by atoms with E-state index >= 15 is 0 Å². The minimum atomic E-state index is -2.93. The van der Waals surface area contributed by atoms with E-state index in [1.165, 1.54) is 7.05 Å². The Balaban J connectivity index is 2.48. The first-order valence-corrected chi connectivity index (χ1v) is 6.04. The van der Waals surface area contributed by atoms with E-state index in [0.29, 0.717) is 6.42 Å². The lowest BCUT2D eigenvalue weighted by Gasteiger charge is -2.22. The molecule has 1 unspecified atom stereocenters. The van der Waals surface area contributed by atoms with Crippen LogP contribution in [0.2, 0.25) is 0 Å². The van der Waals surface area contributed by atoms with Gasteiger partial charge in [0.1, 0.15) is 0 Å². The summed E-state index contributed by atoms with van der Waals surface area (Å²) >= 11 is 0. The van der Waals surface area contributed by atoms with Crippen molar-refractivity contribution in [2.75, 3.05) is 18.6 Å². The second-order valence-corrected chi connectivity index (χ2v) is 5.41. The molecule has 0 aromatic rings. The maximum atomic E-state index is 11.2. The highest BCUT2D eigenvalue weighted by molar-refractivity contribution is 7.91. The Kier molecular flexibility index (Phi) is 3.13. The summed E-state index contributed by atoms with van der Waals surface area (Å²) in [6.45, 7) is 0. The van der Waals surface area contributed by atoms with E-state index in [2.05, 4.69) is 10.6 Å². The molecule has 76 valence electrons. The summed E-state index contributed by atoms with van der Waals surface area (Å²) in [5.41, 5.74) is 0. The lowest BCUT2D eigenvalue weighted by molar-refractivity contribution is 0.239. The number of carbonyl (C=O) groups excluding carboxylic acids is 1. The Morgan fingerprint density at radius 1 is 1.46 bits per heavy atom. The molecule has 5 nitrogen and oxygen atoms in total. The molecule has 13 heavy (non-hydrogen) atoms. The molecule has 0 aromatic heterocycles. The maximum Gasteiger partial charge on any atom is 0.314 e. The van der Waals surface area contributed by atoms with Crippen molar-refractivity contribution < 1.29 is 13.2 Å². The van der Waals surface area contributed by atoms with Gasteiger partial charge in [-0.15, -0.1) is 0 Å². The number of hydrogen-bond acceptors (Lipinski definition) is 3. The number of rotatable bonds is 1. The topological polar surface area (TPSA) is 75.3 Å². The number of sulfone groups is 1. The first-order chi connectivity index (χ1) is 6.03. The first kappa shape index (κ1) is 10.3. The Morgan fingerprint density at radius 3 is 2.69 bits per heavy atom. The van der Waals surface area contributed by atoms with Crippen LogP contribution in [-0.4, -0.2) is 39.0 Å². The van der Waals surface area contributed by atoms with Gasteiger partial charge in [-0.05, 0) is 12.8 Å². The van der Waals surface area contributed by atoms with Gasteiger partial charge in [-0.3, -0.25) is 0 Å². The SMILES string of the molecule is CNC(=O)NC1CCCS(=O)(=O)C1. The summed E-state index contributed by atoms with van der Waals surface area (Å²) in [5, 5.41) is 4.99. The molecular formula is C7H14N2O3S. The molecule has 0 bridgehead atoms. The van der Waals surface area contributed by atoms with E-state index in [0.717, 1.165) is 6.42 Å². The fourth-order valence-corrected chi connectivity index (χ4v) is 3.03. The van der Waals surface area contributed by atoms with Gasteiger partial charge in [0.2, 0.25) is 0 Å². The Morgan fingerprint density at radius 2 is 2.15 bits per heavy atom. The molecule has 0 spiro atoms. The van der Waals surface area contributed by atoms with Crippen molar-refractivity contribution in [1.29, 1.82) is 0 Å². The van der Waals surface area contributed by atoms with Crippen molar-refractivity contribution in [2.24, 2.45) is 0 Å². The van der Waals surface area contributed by atoms with Crippen molar-refractivity contribution in [2.45, 2.75) is 18.9 Å². The van der Waals surface area contributed by atoms with E-state index in [1.54, 1.807) is 0 Å². The molecule has 0 saturated carbocycles. The molecule has 1 atom stereocenters. The number of urea groups is 1. The van der Waals surface area contributed by atoms with E-state index in [-0.39, 0.29) is 23.6 Å². The lowest BCUT2D eigenvalue weighted by atomic mass is 10.2. The van der Waals surface area contributed by atoms with E-state index in [4.69, 9.17) is 0 Å². The molecule has 0 aromatic carbocycles. The first-order valence-electron chi connectivity index (χ1n) is 4.22. The summed E-state index contributed by atoms with van der Waals surface area (Å²) in [5.74, 6) is 0.319. The molecular weight excluding hydrogens is 192 g/mol. The van der Waals surface area contributed by atoms with Gasteiger partial charge in [0, 0.05) is 13.1 Å². The molecule has 1 heterocycles. The number of amides is 2. The molecule has 1 aliphatic rings. The second kappa shape index (κ2) is 3.95. The van der Waals surface area contributed by atoms with Gasteiger partial charge in [0.15, 0.2) is 9.84 Å². The van der Waals surface area contributed by atoms with Gasteiger partial charge >= 0.3 is 6.03 Å². The van der Waals surface area contributed by atoms with Gasteiger partial charge in [-0.1, -0.05) is 0 Å². The number of carbonyl (C=O) groups is 1. The van der Waals surface area contributed by atoms with Crippen LogP contribution in [0.1, 0.15) is 12.8 Å². The van der Waals surface area contributed by atoms with Gasteiger partial charge in [-0.2, -0.15) is 0 Å². The Hall–Kier alpha value is -0.780. The third-order valence-corrected chi connectivity index (χ3v) is 3.85. The largest absolute Gasteiger partial charge is 0.341 e. The highest BCUT2D eigenvalue weighted by Crippen LogP contribution is 2.11. The smallest absolute Gasteiger partial charge is 0.314 e. The van der Waals surface area contributed by atoms with Crippen LogP contribution in [0, 0.1) is 0 Å². The van der Waals surface area contributed by atoms with Gasteiger partial charge < -0.3 is 10.6 Å². The monoisotopic (exact) mass is 206 g/mol. The number of hydrogen-bond donors (Lipinski definition) is 2. The van der Waals surface area contributed by atoms with E-state index in [9.17, 15) is 13.2 Å². The zero-order chi connectivity index (χ0) is 9.90. The molecule has 1 aliphatic heterocycles. The summed E-state index contributed by atoms with van der Waals surface area (Å²) in [7, 11) is -1.42. The van der Waals surface area contributed by atoms with Crippen LogP contribution in [-0.2, 0) is 9.84 Å². The molecule has 1 rings (SSSR count). The highest BCUT2D eigenvalue weighted by atomic mass is 32.2. The molecule has 1 fully saturated rings.